The van der Waals surface area contributed by atoms with E-state index < -0.39 is 0 Å². The number of hydrogen-bond donors (Lipinski definition) is 0. The van der Waals surface area contributed by atoms with Gasteiger partial charge in [0.05, 0.1) is 5.76 Å². The number of ether oxygens (including phenoxy) is 1. The summed E-state index contributed by atoms with van der Waals surface area (Å²) in [4.78, 5) is 0. The van der Waals surface area contributed by atoms with Gasteiger partial charge in [-0.25, -0.2) is 0 Å². The fraction of sp³-hybridized carbons (Fsp3) is 0.429. The van der Waals surface area contributed by atoms with Gasteiger partial charge in [0.1, 0.15) is 6.61 Å². The van der Waals surface area contributed by atoms with Gasteiger partial charge in [0, 0.05) is 0 Å². The first-order valence-corrected chi connectivity index (χ1v) is 5.48. The summed E-state index contributed by atoms with van der Waals surface area (Å²) in [5.41, 5.74) is 2.60. The maximum Gasteiger partial charge on any atom is 0.113 e. The maximum absolute atomic E-state index is 5.54. The molecule has 0 N–H and O–H groups in total. The molecule has 0 unspecified atom stereocenters. The van der Waals surface area contributed by atoms with E-state index in [1.54, 1.807) is 0 Å². The first-order valence-electron chi connectivity index (χ1n) is 5.48. The fourth-order valence-corrected chi connectivity index (χ4v) is 1.28. The van der Waals surface area contributed by atoms with Crippen molar-refractivity contribution < 1.29 is 4.74 Å². The Morgan fingerprint density at radius 2 is 1.87 bits per heavy atom. The topological polar surface area (TPSA) is 9.23 Å². The summed E-state index contributed by atoms with van der Waals surface area (Å²) in [6.07, 6.45) is 1.97. The van der Waals surface area contributed by atoms with Crippen LogP contribution in [0.1, 0.15) is 44.7 Å². The molecule has 0 saturated heterocycles. The first kappa shape index (κ1) is 11.8. The standard InChI is InChI=1S/C14H20O/c1-5-12(4)15-10-13-6-8-14(9-7-13)11(2)3/h5-9,11H,10H2,1-4H3. The van der Waals surface area contributed by atoms with Crippen molar-refractivity contribution in [2.45, 2.75) is 40.2 Å². The molecule has 1 aromatic rings. The van der Waals surface area contributed by atoms with Crippen LogP contribution in [0.5, 0.6) is 0 Å². The van der Waals surface area contributed by atoms with E-state index in [1.165, 1.54) is 11.1 Å². The zero-order valence-electron chi connectivity index (χ0n) is 10.1. The Bertz CT molecular complexity index is 320. The Labute approximate surface area is 92.8 Å². The molecule has 0 fully saturated rings. The van der Waals surface area contributed by atoms with E-state index in [0.717, 1.165) is 5.76 Å². The number of allylic oxidation sites excluding steroid dienone is 2. The van der Waals surface area contributed by atoms with Gasteiger partial charge in [-0.05, 0) is 37.0 Å². The second-order valence-corrected chi connectivity index (χ2v) is 4.08. The molecular weight excluding hydrogens is 184 g/mol. The minimum atomic E-state index is 0.595. The van der Waals surface area contributed by atoms with Gasteiger partial charge in [-0.3, -0.25) is 0 Å². The Balaban J connectivity index is 2.57. The minimum Gasteiger partial charge on any atom is -0.494 e. The van der Waals surface area contributed by atoms with E-state index in [2.05, 4.69) is 38.1 Å². The summed E-state index contributed by atoms with van der Waals surface area (Å²) in [6, 6.07) is 8.62. The molecule has 1 heteroatoms. The monoisotopic (exact) mass is 204 g/mol. The average molecular weight is 204 g/mol. The lowest BCUT2D eigenvalue weighted by atomic mass is 10.0. The lowest BCUT2D eigenvalue weighted by Crippen LogP contribution is -1.92. The van der Waals surface area contributed by atoms with Gasteiger partial charge in [0.25, 0.3) is 0 Å². The molecule has 82 valence electrons. The first-order chi connectivity index (χ1) is 7.13. The second-order valence-electron chi connectivity index (χ2n) is 4.08. The Morgan fingerprint density at radius 3 is 2.33 bits per heavy atom. The lowest BCUT2D eigenvalue weighted by molar-refractivity contribution is 0.200. The summed E-state index contributed by atoms with van der Waals surface area (Å²) >= 11 is 0. The van der Waals surface area contributed by atoms with E-state index >= 15 is 0 Å². The van der Waals surface area contributed by atoms with Crippen LogP contribution in [0.3, 0.4) is 0 Å². The second kappa shape index (κ2) is 5.59. The van der Waals surface area contributed by atoms with Gasteiger partial charge in [-0.1, -0.05) is 38.1 Å². The lowest BCUT2D eigenvalue weighted by Gasteiger charge is -2.08. The molecule has 0 heterocycles. The maximum atomic E-state index is 5.54. The molecule has 1 rings (SSSR count). The fourth-order valence-electron chi connectivity index (χ4n) is 1.28. The van der Waals surface area contributed by atoms with Crippen LogP contribution in [0, 0.1) is 0 Å². The highest BCUT2D eigenvalue weighted by atomic mass is 16.5. The van der Waals surface area contributed by atoms with Gasteiger partial charge in [-0.15, -0.1) is 0 Å². The molecule has 0 aromatic heterocycles. The zero-order chi connectivity index (χ0) is 11.3. The van der Waals surface area contributed by atoms with Gasteiger partial charge < -0.3 is 4.74 Å². The van der Waals surface area contributed by atoms with Crippen LogP contribution in [-0.4, -0.2) is 0 Å². The molecule has 0 spiro atoms. The van der Waals surface area contributed by atoms with Gasteiger partial charge in [0.15, 0.2) is 0 Å². The minimum absolute atomic E-state index is 0.595. The van der Waals surface area contributed by atoms with Crippen LogP contribution in [0.25, 0.3) is 0 Å². The third-order valence-electron chi connectivity index (χ3n) is 2.52. The van der Waals surface area contributed by atoms with Crippen LogP contribution in [0.2, 0.25) is 0 Å². The Hall–Kier alpha value is -1.24. The Kier molecular flexibility index (Phi) is 4.41. The molecule has 0 amide bonds. The predicted octanol–water partition coefficient (Wildman–Crippen LogP) is 4.25. The summed E-state index contributed by atoms with van der Waals surface area (Å²) in [5.74, 6) is 1.57. The van der Waals surface area contributed by atoms with Crippen molar-refractivity contribution in [1.29, 1.82) is 0 Å². The Morgan fingerprint density at radius 1 is 1.27 bits per heavy atom. The molecular formula is C14H20O. The van der Waals surface area contributed by atoms with Crippen LogP contribution >= 0.6 is 0 Å². The summed E-state index contributed by atoms with van der Waals surface area (Å²) < 4.78 is 5.54. The van der Waals surface area contributed by atoms with Crippen molar-refractivity contribution in [1.82, 2.24) is 0 Å². The van der Waals surface area contributed by atoms with E-state index in [4.69, 9.17) is 4.74 Å². The molecule has 1 nitrogen and oxygen atoms in total. The molecule has 0 aliphatic carbocycles. The van der Waals surface area contributed by atoms with Crippen LogP contribution in [-0.2, 0) is 11.3 Å². The largest absolute Gasteiger partial charge is 0.494 e. The van der Waals surface area contributed by atoms with Crippen molar-refractivity contribution in [3.8, 4) is 0 Å². The van der Waals surface area contributed by atoms with E-state index in [1.807, 2.05) is 19.9 Å². The molecule has 1 aromatic carbocycles. The van der Waals surface area contributed by atoms with Crippen molar-refractivity contribution in [2.24, 2.45) is 0 Å². The van der Waals surface area contributed by atoms with Crippen molar-refractivity contribution in [2.75, 3.05) is 0 Å². The van der Waals surface area contributed by atoms with E-state index in [0.29, 0.717) is 12.5 Å². The van der Waals surface area contributed by atoms with Crippen molar-refractivity contribution in [3.63, 3.8) is 0 Å². The summed E-state index contributed by atoms with van der Waals surface area (Å²) in [7, 11) is 0. The SMILES string of the molecule is CC=C(C)OCc1ccc(C(C)C)cc1. The quantitative estimate of drug-likeness (QED) is 0.666. The van der Waals surface area contributed by atoms with Gasteiger partial charge in [0.2, 0.25) is 0 Å². The molecule has 0 aliphatic heterocycles. The average Bonchev–Trinajstić information content (AvgIpc) is 2.26. The molecule has 0 saturated carbocycles. The van der Waals surface area contributed by atoms with Crippen molar-refractivity contribution in [3.05, 3.63) is 47.2 Å². The van der Waals surface area contributed by atoms with Crippen LogP contribution < -0.4 is 0 Å². The van der Waals surface area contributed by atoms with E-state index in [9.17, 15) is 0 Å². The van der Waals surface area contributed by atoms with Gasteiger partial charge >= 0.3 is 0 Å². The highest BCUT2D eigenvalue weighted by molar-refractivity contribution is 5.24. The number of rotatable bonds is 4. The molecule has 15 heavy (non-hydrogen) atoms. The summed E-state index contributed by atoms with van der Waals surface area (Å²) in [6.45, 7) is 9.03. The summed E-state index contributed by atoms with van der Waals surface area (Å²) in [5, 5.41) is 0. The van der Waals surface area contributed by atoms with E-state index in [-0.39, 0.29) is 0 Å². The molecule has 0 atom stereocenters. The predicted molar refractivity (Wildman–Crippen MR) is 64.8 cm³/mol. The zero-order valence-corrected chi connectivity index (χ0v) is 10.1. The smallest absolute Gasteiger partial charge is 0.113 e. The van der Waals surface area contributed by atoms with Gasteiger partial charge in [-0.2, -0.15) is 0 Å². The molecule has 0 aliphatic rings. The number of benzene rings is 1. The highest BCUT2D eigenvalue weighted by Crippen LogP contribution is 2.15. The highest BCUT2D eigenvalue weighted by Gasteiger charge is 1.99. The van der Waals surface area contributed by atoms with Crippen LogP contribution in [0.15, 0.2) is 36.1 Å². The molecule has 0 bridgehead atoms. The normalized spacial score (nSPS) is 11.9. The number of hydrogen-bond acceptors (Lipinski definition) is 1. The third kappa shape index (κ3) is 3.78. The van der Waals surface area contributed by atoms with Crippen molar-refractivity contribution >= 4 is 0 Å². The third-order valence-corrected chi connectivity index (χ3v) is 2.52. The van der Waals surface area contributed by atoms with Crippen LogP contribution in [0.4, 0.5) is 0 Å². The molecule has 0 radical (unpaired) electrons.